The van der Waals surface area contributed by atoms with E-state index in [1.807, 2.05) is 13.8 Å². The average Bonchev–Trinajstić information content (AvgIpc) is 3.41. The number of thiocarbonyl (C=S) groups is 1. The molecular weight excluding hydrogens is 525 g/mol. The van der Waals surface area contributed by atoms with Gasteiger partial charge in [0.05, 0.1) is 22.7 Å². The Kier molecular flexibility index (Phi) is 12.0. The first kappa shape index (κ1) is 30.8. The molecule has 0 unspecified atom stereocenters. The molecule has 0 bridgehead atoms. The van der Waals surface area contributed by atoms with Crippen LogP contribution in [0.5, 0.6) is 0 Å². The van der Waals surface area contributed by atoms with Gasteiger partial charge in [-0.3, -0.25) is 14.6 Å². The third kappa shape index (κ3) is 10.3. The van der Waals surface area contributed by atoms with Crippen LogP contribution in [0.1, 0.15) is 83.6 Å². The maximum absolute atomic E-state index is 13.5. The molecule has 0 radical (unpaired) electrons. The molecule has 2 aliphatic heterocycles. The SMILES string of the molecule is CC(C)(O)CCN1CSC[C@H]1C(=O)N[C@H](CCC1CCCCC1)C(=S)NC1CCN(Cc2ccccc2)CC1. The Morgan fingerprint density at radius 2 is 1.85 bits per heavy atom. The summed E-state index contributed by atoms with van der Waals surface area (Å²) in [5.41, 5.74) is 0.644. The highest BCUT2D eigenvalue weighted by Crippen LogP contribution is 2.28. The maximum Gasteiger partial charge on any atom is 0.238 e. The highest BCUT2D eigenvalue weighted by Gasteiger charge is 2.34. The van der Waals surface area contributed by atoms with Crippen LogP contribution in [0.2, 0.25) is 0 Å². The lowest BCUT2D eigenvalue weighted by atomic mass is 9.85. The van der Waals surface area contributed by atoms with E-state index in [0.717, 1.165) is 74.4 Å². The minimum absolute atomic E-state index is 0.0891. The van der Waals surface area contributed by atoms with Gasteiger partial charge in [-0.05, 0) is 57.4 Å². The number of hydrogen-bond donors (Lipinski definition) is 3. The molecule has 3 N–H and O–H groups in total. The maximum atomic E-state index is 13.5. The lowest BCUT2D eigenvalue weighted by molar-refractivity contribution is -0.125. The normalized spacial score (nSPS) is 23.0. The number of piperidine rings is 1. The van der Waals surface area contributed by atoms with E-state index < -0.39 is 5.60 Å². The molecule has 1 aliphatic carbocycles. The molecule has 0 spiro atoms. The molecular formula is C31H50N4O2S2. The monoisotopic (exact) mass is 574 g/mol. The number of benzene rings is 1. The summed E-state index contributed by atoms with van der Waals surface area (Å²) in [6.45, 7) is 7.52. The van der Waals surface area contributed by atoms with Crippen molar-refractivity contribution in [2.45, 2.75) is 108 Å². The zero-order chi connectivity index (χ0) is 27.7. The molecule has 4 rings (SSSR count). The van der Waals surface area contributed by atoms with E-state index in [-0.39, 0.29) is 18.0 Å². The Morgan fingerprint density at radius 1 is 1.13 bits per heavy atom. The number of amides is 1. The van der Waals surface area contributed by atoms with Crippen molar-refractivity contribution < 1.29 is 9.90 Å². The van der Waals surface area contributed by atoms with Crippen molar-refractivity contribution >= 4 is 34.9 Å². The van der Waals surface area contributed by atoms with Crippen LogP contribution in [0.15, 0.2) is 30.3 Å². The molecule has 2 heterocycles. The number of likely N-dealkylation sites (tertiary alicyclic amines) is 1. The fourth-order valence-electron chi connectivity index (χ4n) is 6.15. The van der Waals surface area contributed by atoms with Gasteiger partial charge in [-0.1, -0.05) is 74.7 Å². The number of aliphatic hydroxyl groups is 1. The van der Waals surface area contributed by atoms with E-state index in [1.54, 1.807) is 11.8 Å². The van der Waals surface area contributed by atoms with Gasteiger partial charge in [-0.2, -0.15) is 0 Å². The van der Waals surface area contributed by atoms with Gasteiger partial charge in [0.1, 0.15) is 0 Å². The Hall–Kier alpha value is -1.19. The number of hydrogen-bond acceptors (Lipinski definition) is 6. The van der Waals surface area contributed by atoms with Crippen LogP contribution in [0.25, 0.3) is 0 Å². The van der Waals surface area contributed by atoms with Gasteiger partial charge in [-0.25, -0.2) is 0 Å². The second-order valence-corrected chi connectivity index (χ2v) is 14.0. The number of nitrogens with one attached hydrogen (secondary N) is 2. The van der Waals surface area contributed by atoms with Crippen molar-refractivity contribution in [3.63, 3.8) is 0 Å². The van der Waals surface area contributed by atoms with Crippen LogP contribution in [0, 0.1) is 5.92 Å². The predicted molar refractivity (Wildman–Crippen MR) is 167 cm³/mol. The molecule has 218 valence electrons. The molecule has 2 atom stereocenters. The summed E-state index contributed by atoms with van der Waals surface area (Å²) in [6, 6.07) is 10.8. The Labute approximate surface area is 246 Å². The quantitative estimate of drug-likeness (QED) is 0.305. The fourth-order valence-corrected chi connectivity index (χ4v) is 7.73. The highest BCUT2D eigenvalue weighted by molar-refractivity contribution is 7.99. The van der Waals surface area contributed by atoms with Crippen LogP contribution in [0.3, 0.4) is 0 Å². The summed E-state index contributed by atoms with van der Waals surface area (Å²) < 4.78 is 0. The summed E-state index contributed by atoms with van der Waals surface area (Å²) in [4.78, 5) is 19.1. The largest absolute Gasteiger partial charge is 0.390 e. The second-order valence-electron chi connectivity index (χ2n) is 12.6. The molecule has 6 nitrogen and oxygen atoms in total. The standard InChI is InChI=1S/C31H50N4O2S2/c1-31(2,37)17-20-35-23-39-22-28(35)29(36)33-27(14-13-24-9-5-3-6-10-24)30(38)32-26-15-18-34(19-16-26)21-25-11-7-4-8-12-25/h4,7-8,11-12,24,26-28,37H,3,5-6,9-10,13-23H2,1-2H3,(H,32,38)(H,33,36)/t27-,28+/m1/s1. The minimum atomic E-state index is -0.723. The summed E-state index contributed by atoms with van der Waals surface area (Å²) in [5.74, 6) is 2.48. The second kappa shape index (κ2) is 15.2. The fraction of sp³-hybridized carbons (Fsp3) is 0.742. The molecule has 1 amide bonds. The van der Waals surface area contributed by atoms with E-state index in [1.165, 1.54) is 37.7 Å². The summed E-state index contributed by atoms with van der Waals surface area (Å²) >= 11 is 7.79. The van der Waals surface area contributed by atoms with E-state index in [4.69, 9.17) is 12.2 Å². The Bertz CT molecular complexity index is 896. The van der Waals surface area contributed by atoms with E-state index in [9.17, 15) is 9.90 Å². The first-order valence-electron chi connectivity index (χ1n) is 15.2. The van der Waals surface area contributed by atoms with Gasteiger partial charge < -0.3 is 15.7 Å². The van der Waals surface area contributed by atoms with Crippen molar-refractivity contribution in [1.29, 1.82) is 0 Å². The predicted octanol–water partition coefficient (Wildman–Crippen LogP) is 4.95. The van der Waals surface area contributed by atoms with Crippen LogP contribution < -0.4 is 10.6 Å². The molecule has 1 aromatic rings. The van der Waals surface area contributed by atoms with E-state index in [0.29, 0.717) is 12.5 Å². The van der Waals surface area contributed by atoms with Gasteiger partial charge in [0.25, 0.3) is 0 Å². The number of nitrogens with zero attached hydrogens (tertiary/aromatic N) is 2. The molecule has 3 fully saturated rings. The van der Waals surface area contributed by atoms with Gasteiger partial charge in [0.2, 0.25) is 5.91 Å². The molecule has 0 aromatic heterocycles. The number of carbonyl (C=O) groups is 1. The molecule has 1 saturated carbocycles. The highest BCUT2D eigenvalue weighted by atomic mass is 32.2. The summed E-state index contributed by atoms with van der Waals surface area (Å²) in [6.07, 6.45) is 11.5. The topological polar surface area (TPSA) is 67.8 Å². The lowest BCUT2D eigenvalue weighted by Gasteiger charge is -2.35. The van der Waals surface area contributed by atoms with Crippen molar-refractivity contribution in [3.05, 3.63) is 35.9 Å². The van der Waals surface area contributed by atoms with Crippen LogP contribution in [-0.4, -0.2) is 80.8 Å². The smallest absolute Gasteiger partial charge is 0.238 e. The minimum Gasteiger partial charge on any atom is -0.390 e. The van der Waals surface area contributed by atoms with Crippen LogP contribution >= 0.6 is 24.0 Å². The third-order valence-corrected chi connectivity index (χ3v) is 10.2. The van der Waals surface area contributed by atoms with Crippen molar-refractivity contribution in [2.24, 2.45) is 5.92 Å². The Balaban J connectivity index is 1.31. The first-order valence-corrected chi connectivity index (χ1v) is 16.7. The van der Waals surface area contributed by atoms with Crippen LogP contribution in [-0.2, 0) is 11.3 Å². The number of rotatable bonds is 12. The van der Waals surface area contributed by atoms with E-state index in [2.05, 4.69) is 50.8 Å². The lowest BCUT2D eigenvalue weighted by Crippen LogP contribution is -2.55. The molecule has 1 aromatic carbocycles. The van der Waals surface area contributed by atoms with Crippen LogP contribution in [0.4, 0.5) is 0 Å². The van der Waals surface area contributed by atoms with Gasteiger partial charge in [0, 0.05) is 43.9 Å². The molecule has 3 aliphatic rings. The molecule has 8 heteroatoms. The van der Waals surface area contributed by atoms with Crippen molar-refractivity contribution in [2.75, 3.05) is 31.3 Å². The number of carbonyl (C=O) groups excluding carboxylic acids is 1. The number of thioether (sulfide) groups is 1. The summed E-state index contributed by atoms with van der Waals surface area (Å²) in [5, 5.41) is 17.3. The molecule has 2 saturated heterocycles. The Morgan fingerprint density at radius 3 is 2.54 bits per heavy atom. The van der Waals surface area contributed by atoms with Gasteiger partial charge in [-0.15, -0.1) is 11.8 Å². The average molecular weight is 575 g/mol. The summed E-state index contributed by atoms with van der Waals surface area (Å²) in [7, 11) is 0. The zero-order valence-electron chi connectivity index (χ0n) is 24.1. The first-order chi connectivity index (χ1) is 18.8. The van der Waals surface area contributed by atoms with Gasteiger partial charge >= 0.3 is 0 Å². The molecule has 39 heavy (non-hydrogen) atoms. The van der Waals surface area contributed by atoms with Crippen molar-refractivity contribution in [3.8, 4) is 0 Å². The van der Waals surface area contributed by atoms with Crippen molar-refractivity contribution in [1.82, 2.24) is 20.4 Å². The van der Waals surface area contributed by atoms with Gasteiger partial charge in [0.15, 0.2) is 0 Å². The third-order valence-electron chi connectivity index (χ3n) is 8.69. The van der Waals surface area contributed by atoms with E-state index >= 15 is 0 Å². The zero-order valence-corrected chi connectivity index (χ0v) is 25.7.